The first-order valence-corrected chi connectivity index (χ1v) is 12.0. The van der Waals surface area contributed by atoms with E-state index in [4.69, 9.17) is 0 Å². The van der Waals surface area contributed by atoms with Crippen LogP contribution in [-0.2, 0) is 0 Å². The summed E-state index contributed by atoms with van der Waals surface area (Å²) in [4.78, 5) is 3.51. The molecule has 1 nitrogen and oxygen atoms in total. The quantitative estimate of drug-likeness (QED) is 0.260. The Balaban J connectivity index is 1.70. The number of benzene rings is 4. The molecule has 0 saturated carbocycles. The number of aromatic nitrogens is 1. The van der Waals surface area contributed by atoms with E-state index in [-0.39, 0.29) is 0 Å². The van der Waals surface area contributed by atoms with Crippen LogP contribution in [-0.4, -0.2) is 4.98 Å². The number of hydrogen-bond donors (Lipinski definition) is 1. The molecule has 158 valence electrons. The number of fused-ring (bicyclic) bond motifs is 1. The van der Waals surface area contributed by atoms with Crippen molar-refractivity contribution in [1.29, 1.82) is 0 Å². The third-order valence-electron chi connectivity index (χ3n) is 6.43. The van der Waals surface area contributed by atoms with Crippen LogP contribution < -0.4 is 0 Å². The molecule has 0 unspecified atom stereocenters. The van der Waals surface area contributed by atoms with Crippen LogP contribution in [0.1, 0.15) is 28.7 Å². The van der Waals surface area contributed by atoms with Crippen LogP contribution in [0.25, 0.3) is 33.2 Å². The molecule has 0 aliphatic heterocycles. The van der Waals surface area contributed by atoms with Crippen LogP contribution in [0.5, 0.6) is 0 Å². The standard InChI is InChI=1S/C31H22BrN/c32-24-16-17-29-27(18-24)28(20-33-29)31-26(22-12-6-2-7-13-22)19-25(21-10-4-1-5-11-21)30(31)23-14-8-3-9-15-23/h1-18,20,33H,19H2. The lowest BCUT2D eigenvalue weighted by atomic mass is 9.89. The number of H-pyrrole nitrogens is 1. The molecule has 1 heterocycles. The molecule has 0 spiro atoms. The summed E-state index contributed by atoms with van der Waals surface area (Å²) in [6.45, 7) is 0. The van der Waals surface area contributed by atoms with E-state index in [1.54, 1.807) is 0 Å². The Hall–Kier alpha value is -3.62. The summed E-state index contributed by atoms with van der Waals surface area (Å²) in [5, 5.41) is 1.23. The number of allylic oxidation sites excluding steroid dienone is 4. The Morgan fingerprint density at radius 1 is 0.576 bits per heavy atom. The molecule has 1 aliphatic carbocycles. The predicted molar refractivity (Wildman–Crippen MR) is 144 cm³/mol. The number of rotatable bonds is 4. The van der Waals surface area contributed by atoms with Crippen molar-refractivity contribution in [3.8, 4) is 0 Å². The summed E-state index contributed by atoms with van der Waals surface area (Å²) < 4.78 is 1.09. The normalized spacial score (nSPS) is 13.8. The van der Waals surface area contributed by atoms with Gasteiger partial charge in [0.05, 0.1) is 0 Å². The van der Waals surface area contributed by atoms with Crippen LogP contribution >= 0.6 is 15.9 Å². The zero-order valence-corrected chi connectivity index (χ0v) is 19.6. The molecule has 0 amide bonds. The van der Waals surface area contributed by atoms with E-state index in [0.29, 0.717) is 0 Å². The molecular formula is C31H22BrN. The molecule has 0 saturated heterocycles. The van der Waals surface area contributed by atoms with Crippen LogP contribution in [0.4, 0.5) is 0 Å². The van der Waals surface area contributed by atoms with E-state index >= 15 is 0 Å². The van der Waals surface area contributed by atoms with Gasteiger partial charge in [-0.25, -0.2) is 0 Å². The topological polar surface area (TPSA) is 15.8 Å². The van der Waals surface area contributed by atoms with Gasteiger partial charge in [0, 0.05) is 27.1 Å². The zero-order valence-electron chi connectivity index (χ0n) is 18.1. The molecule has 0 atom stereocenters. The Labute approximate surface area is 202 Å². The van der Waals surface area contributed by atoms with Gasteiger partial charge in [-0.05, 0) is 63.6 Å². The molecule has 1 aliphatic rings. The van der Waals surface area contributed by atoms with Gasteiger partial charge in [-0.2, -0.15) is 0 Å². The minimum absolute atomic E-state index is 0.897. The Morgan fingerprint density at radius 2 is 1.12 bits per heavy atom. The molecule has 2 heteroatoms. The number of hydrogen-bond acceptors (Lipinski definition) is 0. The molecule has 33 heavy (non-hydrogen) atoms. The smallest absolute Gasteiger partial charge is 0.0461 e. The highest BCUT2D eigenvalue weighted by atomic mass is 79.9. The fourth-order valence-corrected chi connectivity index (χ4v) is 5.31. The van der Waals surface area contributed by atoms with Crippen LogP contribution in [0.3, 0.4) is 0 Å². The minimum Gasteiger partial charge on any atom is -0.361 e. The van der Waals surface area contributed by atoms with E-state index in [9.17, 15) is 0 Å². The van der Waals surface area contributed by atoms with Gasteiger partial charge in [0.25, 0.3) is 0 Å². The van der Waals surface area contributed by atoms with Crippen molar-refractivity contribution in [3.63, 3.8) is 0 Å². The lowest BCUT2D eigenvalue weighted by molar-refractivity contribution is 1.42. The van der Waals surface area contributed by atoms with Crippen molar-refractivity contribution in [2.24, 2.45) is 0 Å². The van der Waals surface area contributed by atoms with Gasteiger partial charge in [-0.1, -0.05) is 107 Å². The second-order valence-corrected chi connectivity index (χ2v) is 9.29. The second kappa shape index (κ2) is 8.38. The highest BCUT2D eigenvalue weighted by Gasteiger charge is 2.29. The average molecular weight is 488 g/mol. The Morgan fingerprint density at radius 3 is 1.73 bits per heavy atom. The highest BCUT2D eigenvalue weighted by molar-refractivity contribution is 9.10. The first-order valence-electron chi connectivity index (χ1n) is 11.2. The van der Waals surface area contributed by atoms with Gasteiger partial charge < -0.3 is 4.98 Å². The largest absolute Gasteiger partial charge is 0.361 e. The lowest BCUT2D eigenvalue weighted by Gasteiger charge is -2.14. The lowest BCUT2D eigenvalue weighted by Crippen LogP contribution is -1.91. The molecule has 0 radical (unpaired) electrons. The summed E-state index contributed by atoms with van der Waals surface area (Å²) in [6.07, 6.45) is 3.07. The molecule has 0 bridgehead atoms. The second-order valence-electron chi connectivity index (χ2n) is 8.37. The molecule has 0 fully saturated rings. The van der Waals surface area contributed by atoms with Crippen molar-refractivity contribution in [2.75, 3.05) is 0 Å². The molecule has 1 N–H and O–H groups in total. The monoisotopic (exact) mass is 487 g/mol. The zero-order chi connectivity index (χ0) is 22.2. The highest BCUT2D eigenvalue weighted by Crippen LogP contribution is 2.52. The van der Waals surface area contributed by atoms with Crippen LogP contribution in [0.15, 0.2) is 120 Å². The van der Waals surface area contributed by atoms with E-state index < -0.39 is 0 Å². The summed E-state index contributed by atoms with van der Waals surface area (Å²) in [7, 11) is 0. The Kier molecular flexibility index (Phi) is 5.09. The summed E-state index contributed by atoms with van der Waals surface area (Å²) >= 11 is 3.69. The van der Waals surface area contributed by atoms with Gasteiger partial charge in [0.1, 0.15) is 0 Å². The number of nitrogens with one attached hydrogen (secondary N) is 1. The first-order chi connectivity index (χ1) is 16.3. The number of aromatic amines is 1. The maximum Gasteiger partial charge on any atom is 0.0461 e. The van der Waals surface area contributed by atoms with Gasteiger partial charge in [0.2, 0.25) is 0 Å². The maximum atomic E-state index is 3.69. The maximum absolute atomic E-state index is 3.69. The molecule has 4 aromatic carbocycles. The van der Waals surface area contributed by atoms with E-state index in [1.807, 2.05) is 0 Å². The van der Waals surface area contributed by atoms with Gasteiger partial charge in [-0.3, -0.25) is 0 Å². The van der Waals surface area contributed by atoms with E-state index in [0.717, 1.165) is 16.4 Å². The van der Waals surface area contributed by atoms with Gasteiger partial charge in [-0.15, -0.1) is 0 Å². The number of halogens is 1. The fourth-order valence-electron chi connectivity index (χ4n) is 4.95. The molecule has 6 rings (SSSR count). The van der Waals surface area contributed by atoms with Gasteiger partial charge in [0.15, 0.2) is 0 Å². The third kappa shape index (κ3) is 3.57. The van der Waals surface area contributed by atoms with Crippen molar-refractivity contribution < 1.29 is 0 Å². The van der Waals surface area contributed by atoms with Crippen LogP contribution in [0, 0.1) is 0 Å². The molecule has 5 aromatic rings. The summed E-state index contributed by atoms with van der Waals surface area (Å²) in [5.41, 5.74) is 11.6. The van der Waals surface area contributed by atoms with Crippen LogP contribution in [0.2, 0.25) is 0 Å². The SMILES string of the molecule is Brc1ccc2[nH]cc(C3=C(c4ccccc4)CC(c4ccccc4)=C3c3ccccc3)c2c1. The van der Waals surface area contributed by atoms with E-state index in [1.165, 1.54) is 49.9 Å². The van der Waals surface area contributed by atoms with Crippen molar-refractivity contribution in [3.05, 3.63) is 142 Å². The third-order valence-corrected chi connectivity index (χ3v) is 6.92. The molecule has 1 aromatic heterocycles. The minimum atomic E-state index is 0.897. The first kappa shape index (κ1) is 20.0. The predicted octanol–water partition coefficient (Wildman–Crippen LogP) is 8.86. The van der Waals surface area contributed by atoms with Crippen molar-refractivity contribution in [2.45, 2.75) is 6.42 Å². The van der Waals surface area contributed by atoms with Crippen molar-refractivity contribution in [1.82, 2.24) is 4.98 Å². The van der Waals surface area contributed by atoms with Crippen molar-refractivity contribution >= 4 is 49.1 Å². The average Bonchev–Trinajstić information content (AvgIpc) is 3.47. The summed E-state index contributed by atoms with van der Waals surface area (Å²) in [6, 6.07) is 38.9. The van der Waals surface area contributed by atoms with E-state index in [2.05, 4.69) is 136 Å². The molecular weight excluding hydrogens is 466 g/mol. The summed E-state index contributed by atoms with van der Waals surface area (Å²) in [5.74, 6) is 0. The Bertz CT molecular complexity index is 1510. The van der Waals surface area contributed by atoms with Gasteiger partial charge >= 0.3 is 0 Å². The fraction of sp³-hybridized carbons (Fsp3) is 0.0323.